The van der Waals surface area contributed by atoms with E-state index in [-0.39, 0.29) is 16.6 Å². The van der Waals surface area contributed by atoms with Crippen molar-refractivity contribution in [3.8, 4) is 5.75 Å². The van der Waals surface area contributed by atoms with E-state index in [1.807, 2.05) is 0 Å². The highest BCUT2D eigenvalue weighted by Crippen LogP contribution is 2.29. The van der Waals surface area contributed by atoms with Gasteiger partial charge < -0.3 is 10.1 Å². The third-order valence-corrected chi connectivity index (χ3v) is 6.04. The molecule has 3 rings (SSSR count). The third-order valence-electron chi connectivity index (χ3n) is 4.14. The quantitative estimate of drug-likeness (QED) is 0.637. The number of nitrogens with one attached hydrogen (secondary N) is 2. The van der Waals surface area contributed by atoms with Crippen molar-refractivity contribution >= 4 is 37.5 Å². The molecule has 0 aliphatic heterocycles. The van der Waals surface area contributed by atoms with Crippen LogP contribution in [0.25, 0.3) is 0 Å². The van der Waals surface area contributed by atoms with Crippen molar-refractivity contribution in [1.29, 1.82) is 0 Å². The van der Waals surface area contributed by atoms with Gasteiger partial charge in [0.05, 0.1) is 6.61 Å². The maximum atomic E-state index is 12.8. The SMILES string of the molecule is CCOc1ccc(Br)cc1S(=O)(=O)Nc1ccc(C(=O)NCC2CC2)cc1. The Bertz CT molecular complexity index is 925. The molecule has 1 fully saturated rings. The summed E-state index contributed by atoms with van der Waals surface area (Å²) in [6.07, 6.45) is 2.33. The molecule has 0 spiro atoms. The smallest absolute Gasteiger partial charge is 0.265 e. The van der Waals surface area contributed by atoms with Crippen molar-refractivity contribution < 1.29 is 17.9 Å². The number of hydrogen-bond donors (Lipinski definition) is 2. The summed E-state index contributed by atoms with van der Waals surface area (Å²) in [7, 11) is -3.84. The molecule has 27 heavy (non-hydrogen) atoms. The van der Waals surface area contributed by atoms with Gasteiger partial charge in [0.25, 0.3) is 15.9 Å². The molecule has 144 valence electrons. The summed E-state index contributed by atoms with van der Waals surface area (Å²) >= 11 is 3.29. The van der Waals surface area contributed by atoms with Gasteiger partial charge in [0, 0.05) is 22.3 Å². The van der Waals surface area contributed by atoms with Crippen molar-refractivity contribution in [1.82, 2.24) is 5.32 Å². The zero-order chi connectivity index (χ0) is 19.4. The highest BCUT2D eigenvalue weighted by atomic mass is 79.9. The number of carbonyl (C=O) groups is 1. The Labute approximate surface area is 167 Å². The summed E-state index contributed by atoms with van der Waals surface area (Å²) in [6.45, 7) is 2.84. The second-order valence-electron chi connectivity index (χ2n) is 6.36. The molecule has 2 aromatic rings. The Morgan fingerprint density at radius 1 is 1.19 bits per heavy atom. The summed E-state index contributed by atoms with van der Waals surface area (Å²) in [5.41, 5.74) is 0.868. The summed E-state index contributed by atoms with van der Waals surface area (Å²) in [5.74, 6) is 0.732. The maximum Gasteiger partial charge on any atom is 0.265 e. The van der Waals surface area contributed by atoms with Gasteiger partial charge in [0.2, 0.25) is 0 Å². The van der Waals surface area contributed by atoms with E-state index in [4.69, 9.17) is 4.74 Å². The number of benzene rings is 2. The van der Waals surface area contributed by atoms with Crippen LogP contribution < -0.4 is 14.8 Å². The predicted molar refractivity (Wildman–Crippen MR) is 108 cm³/mol. The zero-order valence-electron chi connectivity index (χ0n) is 14.9. The number of anilines is 1. The molecule has 1 aliphatic rings. The lowest BCUT2D eigenvalue weighted by Gasteiger charge is -2.13. The van der Waals surface area contributed by atoms with E-state index in [1.54, 1.807) is 43.3 Å². The minimum atomic E-state index is -3.84. The Kier molecular flexibility index (Phi) is 6.06. The molecule has 1 saturated carbocycles. The fourth-order valence-electron chi connectivity index (χ4n) is 2.53. The minimum Gasteiger partial charge on any atom is -0.492 e. The maximum absolute atomic E-state index is 12.8. The topological polar surface area (TPSA) is 84.5 Å². The normalized spacial score (nSPS) is 13.9. The third kappa shape index (κ3) is 5.23. The molecule has 8 heteroatoms. The minimum absolute atomic E-state index is 0.0463. The second-order valence-corrected chi connectivity index (χ2v) is 8.93. The van der Waals surface area contributed by atoms with Crippen LogP contribution in [-0.4, -0.2) is 27.5 Å². The lowest BCUT2D eigenvalue weighted by Crippen LogP contribution is -2.25. The Hall–Kier alpha value is -2.06. The highest BCUT2D eigenvalue weighted by Gasteiger charge is 2.22. The fourth-order valence-corrected chi connectivity index (χ4v) is 4.27. The molecule has 0 heterocycles. The Balaban J connectivity index is 1.74. The van der Waals surface area contributed by atoms with Crippen LogP contribution >= 0.6 is 15.9 Å². The molecule has 2 N–H and O–H groups in total. The lowest BCUT2D eigenvalue weighted by atomic mass is 10.2. The summed E-state index contributed by atoms with van der Waals surface area (Å²) in [4.78, 5) is 12.1. The van der Waals surface area contributed by atoms with Crippen LogP contribution in [0.15, 0.2) is 51.8 Å². The lowest BCUT2D eigenvalue weighted by molar-refractivity contribution is 0.0952. The molecular weight excluding hydrogens is 432 g/mol. The van der Waals surface area contributed by atoms with Crippen LogP contribution in [-0.2, 0) is 10.0 Å². The van der Waals surface area contributed by atoms with Crippen molar-refractivity contribution in [2.45, 2.75) is 24.7 Å². The van der Waals surface area contributed by atoms with Gasteiger partial charge in [0.1, 0.15) is 10.6 Å². The van der Waals surface area contributed by atoms with Crippen molar-refractivity contribution in [2.75, 3.05) is 17.9 Å². The van der Waals surface area contributed by atoms with Crippen LogP contribution in [0.3, 0.4) is 0 Å². The van der Waals surface area contributed by atoms with Crippen LogP contribution in [0.4, 0.5) is 5.69 Å². The Morgan fingerprint density at radius 2 is 1.89 bits per heavy atom. The largest absolute Gasteiger partial charge is 0.492 e. The molecule has 1 amide bonds. The van der Waals surface area contributed by atoms with Gasteiger partial charge >= 0.3 is 0 Å². The van der Waals surface area contributed by atoms with E-state index < -0.39 is 10.0 Å². The summed E-state index contributed by atoms with van der Waals surface area (Å²) < 4.78 is 34.1. The molecule has 2 aromatic carbocycles. The van der Waals surface area contributed by atoms with E-state index >= 15 is 0 Å². The molecule has 0 aromatic heterocycles. The number of carbonyl (C=O) groups excluding carboxylic acids is 1. The second kappa shape index (κ2) is 8.31. The number of amides is 1. The first-order chi connectivity index (χ1) is 12.9. The average Bonchev–Trinajstić information content (AvgIpc) is 3.46. The van der Waals surface area contributed by atoms with Crippen LogP contribution in [0.1, 0.15) is 30.1 Å². The first kappa shape index (κ1) is 19.7. The molecule has 0 saturated heterocycles. The monoisotopic (exact) mass is 452 g/mol. The first-order valence-corrected chi connectivity index (χ1v) is 11.0. The van der Waals surface area contributed by atoms with E-state index in [0.29, 0.717) is 34.8 Å². The van der Waals surface area contributed by atoms with Crippen LogP contribution in [0.5, 0.6) is 5.75 Å². The molecule has 0 radical (unpaired) electrons. The van der Waals surface area contributed by atoms with Gasteiger partial charge in [-0.25, -0.2) is 8.42 Å². The van der Waals surface area contributed by atoms with Crippen molar-refractivity contribution in [2.24, 2.45) is 5.92 Å². The number of halogens is 1. The Morgan fingerprint density at radius 3 is 2.52 bits per heavy atom. The number of hydrogen-bond acceptors (Lipinski definition) is 4. The zero-order valence-corrected chi connectivity index (χ0v) is 17.3. The number of ether oxygens (including phenoxy) is 1. The van der Waals surface area contributed by atoms with Gasteiger partial charge in [-0.3, -0.25) is 9.52 Å². The van der Waals surface area contributed by atoms with Gasteiger partial charge in [0.15, 0.2) is 0 Å². The van der Waals surface area contributed by atoms with E-state index in [0.717, 1.165) is 0 Å². The van der Waals surface area contributed by atoms with Gasteiger partial charge in [-0.1, -0.05) is 15.9 Å². The molecule has 0 unspecified atom stereocenters. The van der Waals surface area contributed by atoms with E-state index in [2.05, 4.69) is 26.0 Å². The van der Waals surface area contributed by atoms with Gasteiger partial charge in [-0.2, -0.15) is 0 Å². The number of rotatable bonds is 8. The summed E-state index contributed by atoms with van der Waals surface area (Å²) in [6, 6.07) is 11.2. The fraction of sp³-hybridized carbons (Fsp3) is 0.316. The predicted octanol–water partition coefficient (Wildman–Crippen LogP) is 3.79. The van der Waals surface area contributed by atoms with Crippen molar-refractivity contribution in [3.63, 3.8) is 0 Å². The molecule has 1 aliphatic carbocycles. The molecule has 0 bridgehead atoms. The summed E-state index contributed by atoms with van der Waals surface area (Å²) in [5, 5.41) is 2.88. The average molecular weight is 453 g/mol. The molecule has 6 nitrogen and oxygen atoms in total. The number of sulfonamides is 1. The standard InChI is InChI=1S/C19H21BrN2O4S/c1-2-26-17-10-7-15(20)11-18(17)27(24,25)22-16-8-5-14(6-9-16)19(23)21-12-13-3-4-13/h5-11,13,22H,2-4,12H2,1H3,(H,21,23). The first-order valence-electron chi connectivity index (χ1n) is 8.72. The molecule has 0 atom stereocenters. The highest BCUT2D eigenvalue weighted by molar-refractivity contribution is 9.10. The van der Waals surface area contributed by atoms with Gasteiger partial charge in [-0.15, -0.1) is 0 Å². The van der Waals surface area contributed by atoms with Crippen molar-refractivity contribution in [3.05, 3.63) is 52.5 Å². The van der Waals surface area contributed by atoms with Gasteiger partial charge in [-0.05, 0) is 68.1 Å². The van der Waals surface area contributed by atoms with Crippen LogP contribution in [0.2, 0.25) is 0 Å². The van der Waals surface area contributed by atoms with E-state index in [1.165, 1.54) is 18.9 Å². The van der Waals surface area contributed by atoms with E-state index in [9.17, 15) is 13.2 Å². The van der Waals surface area contributed by atoms with Crippen LogP contribution in [0, 0.1) is 5.92 Å². The molecular formula is C19H21BrN2O4S.